The highest BCUT2D eigenvalue weighted by Gasteiger charge is 2.36. The lowest BCUT2D eigenvalue weighted by Crippen LogP contribution is -2.45. The van der Waals surface area contributed by atoms with Crippen molar-refractivity contribution in [2.24, 2.45) is 5.41 Å². The van der Waals surface area contributed by atoms with E-state index in [0.717, 1.165) is 45.2 Å². The summed E-state index contributed by atoms with van der Waals surface area (Å²) in [6.45, 7) is 6.45. The van der Waals surface area contributed by atoms with Crippen LogP contribution in [0.4, 0.5) is 4.79 Å². The third-order valence-corrected chi connectivity index (χ3v) is 4.41. The van der Waals surface area contributed by atoms with Gasteiger partial charge in [0.15, 0.2) is 0 Å². The second kappa shape index (κ2) is 6.02. The van der Waals surface area contributed by atoms with E-state index in [2.05, 4.69) is 13.8 Å². The van der Waals surface area contributed by atoms with Crippen molar-refractivity contribution in [3.63, 3.8) is 0 Å². The molecule has 2 aliphatic rings. The number of carboxylic acid groups (broad SMARTS) is 1. The van der Waals surface area contributed by atoms with E-state index in [0.29, 0.717) is 12.0 Å². The number of carbonyl (C=O) groups excluding carboxylic acids is 1. The number of nitrogens with zero attached hydrogens (tertiary/aromatic N) is 2. The van der Waals surface area contributed by atoms with Gasteiger partial charge >= 0.3 is 12.0 Å². The molecule has 1 saturated heterocycles. The molecule has 1 aliphatic heterocycles. The van der Waals surface area contributed by atoms with Crippen molar-refractivity contribution < 1.29 is 14.7 Å². The van der Waals surface area contributed by atoms with E-state index >= 15 is 0 Å². The largest absolute Gasteiger partial charge is 0.481 e. The number of urea groups is 1. The van der Waals surface area contributed by atoms with Gasteiger partial charge in [-0.15, -0.1) is 0 Å². The summed E-state index contributed by atoms with van der Waals surface area (Å²) in [5, 5.41) is 8.82. The Balaban J connectivity index is 1.94. The normalized spacial score (nSPS) is 22.2. The predicted molar refractivity (Wildman–Crippen MR) is 76.6 cm³/mol. The number of likely N-dealkylation sites (tertiary alicyclic amines) is 1. The number of rotatable bonds is 4. The molecular formula is C15H26N2O3. The number of aliphatic carboxylic acids is 1. The van der Waals surface area contributed by atoms with E-state index in [1.807, 2.05) is 4.90 Å². The molecule has 0 unspecified atom stereocenters. The Bertz CT molecular complexity index is 377. The van der Waals surface area contributed by atoms with Gasteiger partial charge < -0.3 is 14.9 Å². The Morgan fingerprint density at radius 3 is 2.55 bits per heavy atom. The van der Waals surface area contributed by atoms with Gasteiger partial charge in [-0.05, 0) is 37.5 Å². The molecule has 0 atom stereocenters. The first-order valence-electron chi connectivity index (χ1n) is 7.66. The molecule has 0 aromatic rings. The molecule has 20 heavy (non-hydrogen) atoms. The van der Waals surface area contributed by atoms with Crippen LogP contribution in [0, 0.1) is 5.41 Å². The highest BCUT2D eigenvalue weighted by molar-refractivity contribution is 5.76. The molecule has 1 heterocycles. The molecule has 0 aromatic carbocycles. The van der Waals surface area contributed by atoms with E-state index in [-0.39, 0.29) is 18.5 Å². The van der Waals surface area contributed by atoms with Gasteiger partial charge in [0.25, 0.3) is 0 Å². The van der Waals surface area contributed by atoms with Crippen LogP contribution in [-0.4, -0.2) is 52.6 Å². The van der Waals surface area contributed by atoms with E-state index in [4.69, 9.17) is 5.11 Å². The molecule has 5 heteroatoms. The quantitative estimate of drug-likeness (QED) is 0.862. The molecule has 0 radical (unpaired) electrons. The minimum Gasteiger partial charge on any atom is -0.481 e. The predicted octanol–water partition coefficient (Wildman–Crippen LogP) is 2.56. The second-order valence-corrected chi connectivity index (χ2v) is 6.86. The average Bonchev–Trinajstić information content (AvgIpc) is 3.17. The maximum atomic E-state index is 12.6. The lowest BCUT2D eigenvalue weighted by atomic mass is 9.85. The first-order valence-corrected chi connectivity index (χ1v) is 7.66. The number of hydrogen-bond acceptors (Lipinski definition) is 2. The average molecular weight is 282 g/mol. The highest BCUT2D eigenvalue weighted by atomic mass is 16.4. The smallest absolute Gasteiger partial charge is 0.320 e. The summed E-state index contributed by atoms with van der Waals surface area (Å²) in [6.07, 6.45) is 5.29. The number of amides is 2. The first-order chi connectivity index (χ1) is 9.39. The fourth-order valence-corrected chi connectivity index (χ4v) is 2.83. The zero-order valence-electron chi connectivity index (χ0n) is 12.6. The molecule has 5 nitrogen and oxygen atoms in total. The van der Waals surface area contributed by atoms with Crippen LogP contribution in [0.5, 0.6) is 0 Å². The molecule has 2 rings (SSSR count). The van der Waals surface area contributed by atoms with Crippen molar-refractivity contribution in [2.45, 2.75) is 58.4 Å². The lowest BCUT2D eigenvalue weighted by molar-refractivity contribution is -0.137. The molecule has 2 amide bonds. The van der Waals surface area contributed by atoms with Crippen LogP contribution in [0.3, 0.4) is 0 Å². The van der Waals surface area contributed by atoms with E-state index in [9.17, 15) is 9.59 Å². The van der Waals surface area contributed by atoms with Gasteiger partial charge in [0.05, 0.1) is 6.42 Å². The van der Waals surface area contributed by atoms with Crippen molar-refractivity contribution >= 4 is 12.0 Å². The fourth-order valence-electron chi connectivity index (χ4n) is 2.83. The van der Waals surface area contributed by atoms with Gasteiger partial charge in [-0.3, -0.25) is 4.79 Å². The van der Waals surface area contributed by atoms with Gasteiger partial charge in [-0.2, -0.15) is 0 Å². The highest BCUT2D eigenvalue weighted by Crippen LogP contribution is 2.32. The van der Waals surface area contributed by atoms with E-state index < -0.39 is 5.97 Å². The molecule has 0 spiro atoms. The van der Waals surface area contributed by atoms with Crippen LogP contribution in [-0.2, 0) is 4.79 Å². The lowest BCUT2D eigenvalue weighted by Gasteiger charge is -2.30. The number of hydrogen-bond donors (Lipinski definition) is 1. The van der Waals surface area contributed by atoms with Crippen LogP contribution < -0.4 is 0 Å². The Morgan fingerprint density at radius 1 is 1.25 bits per heavy atom. The summed E-state index contributed by atoms with van der Waals surface area (Å²) in [7, 11) is 0. The van der Waals surface area contributed by atoms with Crippen molar-refractivity contribution in [1.29, 1.82) is 0 Å². The van der Waals surface area contributed by atoms with E-state index in [1.54, 1.807) is 4.90 Å². The molecule has 0 bridgehead atoms. The maximum absolute atomic E-state index is 12.6. The van der Waals surface area contributed by atoms with Gasteiger partial charge in [0, 0.05) is 25.7 Å². The van der Waals surface area contributed by atoms with Gasteiger partial charge in [0.2, 0.25) is 0 Å². The summed E-state index contributed by atoms with van der Waals surface area (Å²) < 4.78 is 0. The Labute approximate surface area is 120 Å². The summed E-state index contributed by atoms with van der Waals surface area (Å²) in [5.41, 5.74) is 0.306. The summed E-state index contributed by atoms with van der Waals surface area (Å²) >= 11 is 0. The third kappa shape index (κ3) is 4.12. The van der Waals surface area contributed by atoms with Crippen molar-refractivity contribution in [3.05, 3.63) is 0 Å². The van der Waals surface area contributed by atoms with Gasteiger partial charge in [0.1, 0.15) is 0 Å². The SMILES string of the molecule is CC1(C)CCCN(C(=O)N(CCC(=O)O)C2CC2)CC1. The summed E-state index contributed by atoms with van der Waals surface area (Å²) in [4.78, 5) is 27.1. The second-order valence-electron chi connectivity index (χ2n) is 6.86. The molecule has 1 saturated carbocycles. The molecule has 1 N–H and O–H groups in total. The molecule has 0 aromatic heterocycles. The summed E-state index contributed by atoms with van der Waals surface area (Å²) in [6, 6.07) is 0.324. The number of carbonyl (C=O) groups is 2. The van der Waals surface area contributed by atoms with Crippen molar-refractivity contribution in [3.8, 4) is 0 Å². The summed E-state index contributed by atoms with van der Waals surface area (Å²) in [5.74, 6) is -0.833. The minimum absolute atomic E-state index is 0.0432. The monoisotopic (exact) mass is 282 g/mol. The molecular weight excluding hydrogens is 256 g/mol. The minimum atomic E-state index is -0.833. The fraction of sp³-hybridized carbons (Fsp3) is 0.867. The zero-order chi connectivity index (χ0) is 14.8. The molecule has 1 aliphatic carbocycles. The van der Waals surface area contributed by atoms with Gasteiger partial charge in [-0.25, -0.2) is 4.79 Å². The van der Waals surface area contributed by atoms with Crippen LogP contribution in [0.15, 0.2) is 0 Å². The Kier molecular flexibility index (Phi) is 4.55. The topological polar surface area (TPSA) is 60.9 Å². The maximum Gasteiger partial charge on any atom is 0.320 e. The van der Waals surface area contributed by atoms with Crippen molar-refractivity contribution in [1.82, 2.24) is 9.80 Å². The van der Waals surface area contributed by atoms with Crippen LogP contribution >= 0.6 is 0 Å². The number of carboxylic acids is 1. The van der Waals surface area contributed by atoms with Gasteiger partial charge in [-0.1, -0.05) is 13.8 Å². The standard InChI is InChI=1S/C15H26N2O3/c1-15(2)7-3-9-16(11-8-15)14(20)17(12-4-5-12)10-6-13(18)19/h12H,3-11H2,1-2H3,(H,18,19). The van der Waals surface area contributed by atoms with E-state index in [1.165, 1.54) is 0 Å². The first kappa shape index (κ1) is 15.1. The zero-order valence-corrected chi connectivity index (χ0v) is 12.6. The van der Waals surface area contributed by atoms with Crippen molar-refractivity contribution in [2.75, 3.05) is 19.6 Å². The van der Waals surface area contributed by atoms with Crippen LogP contribution in [0.2, 0.25) is 0 Å². The van der Waals surface area contributed by atoms with Crippen LogP contribution in [0.1, 0.15) is 52.4 Å². The van der Waals surface area contributed by atoms with Crippen LogP contribution in [0.25, 0.3) is 0 Å². The third-order valence-electron chi connectivity index (χ3n) is 4.41. The molecule has 114 valence electrons. The Hall–Kier alpha value is -1.26. The Morgan fingerprint density at radius 2 is 1.95 bits per heavy atom. The molecule has 2 fully saturated rings.